The number of amides is 2. The Morgan fingerprint density at radius 2 is 1.89 bits per heavy atom. The molecule has 2 heterocycles. The summed E-state index contributed by atoms with van der Waals surface area (Å²) in [6, 6.07) is -0.648. The van der Waals surface area contributed by atoms with E-state index in [1.165, 1.54) is 0 Å². The zero-order chi connectivity index (χ0) is 20.0. The molecule has 2 aliphatic rings. The lowest BCUT2D eigenvalue weighted by atomic mass is 9.90. The highest BCUT2D eigenvalue weighted by Gasteiger charge is 2.38. The molecule has 2 atom stereocenters. The van der Waals surface area contributed by atoms with E-state index in [0.717, 1.165) is 17.7 Å². The van der Waals surface area contributed by atoms with E-state index in [1.807, 2.05) is 0 Å². The van der Waals surface area contributed by atoms with Crippen LogP contribution in [0.15, 0.2) is 0 Å². The number of carbonyl (C=O) groups is 2. The minimum atomic E-state index is -4.43. The highest BCUT2D eigenvalue weighted by Crippen LogP contribution is 2.25. The summed E-state index contributed by atoms with van der Waals surface area (Å²) in [7, 11) is 0. The van der Waals surface area contributed by atoms with Crippen LogP contribution in [0.2, 0.25) is 0 Å². The van der Waals surface area contributed by atoms with Crippen molar-refractivity contribution in [2.45, 2.75) is 51.2 Å². The molecule has 0 aromatic heterocycles. The van der Waals surface area contributed by atoms with Gasteiger partial charge in [-0.2, -0.15) is 13.2 Å². The fourth-order valence-electron chi connectivity index (χ4n) is 3.88. The molecule has 0 aromatic carbocycles. The van der Waals surface area contributed by atoms with E-state index in [1.54, 1.807) is 11.8 Å². The first kappa shape index (κ1) is 25.0. The molecule has 2 saturated heterocycles. The van der Waals surface area contributed by atoms with Gasteiger partial charge < -0.3 is 20.3 Å². The number of hydrogen-bond acceptors (Lipinski definition) is 4. The Morgan fingerprint density at radius 3 is 2.46 bits per heavy atom. The molecule has 0 aliphatic carbocycles. The maximum atomic E-state index is 12.8. The Kier molecular flexibility index (Phi) is 10.00. The third kappa shape index (κ3) is 7.08. The van der Waals surface area contributed by atoms with Gasteiger partial charge in [0, 0.05) is 32.8 Å². The van der Waals surface area contributed by atoms with E-state index in [2.05, 4.69) is 0 Å². The van der Waals surface area contributed by atoms with Gasteiger partial charge in [0.1, 0.15) is 6.54 Å². The molecule has 0 aromatic rings. The van der Waals surface area contributed by atoms with Crippen molar-refractivity contribution in [1.29, 1.82) is 0 Å². The number of nitrogens with zero attached hydrogens (tertiary/aromatic N) is 2. The molecule has 2 N–H and O–H groups in total. The lowest BCUT2D eigenvalue weighted by Gasteiger charge is -2.37. The van der Waals surface area contributed by atoms with Gasteiger partial charge in [-0.15, -0.1) is 12.4 Å². The molecule has 0 saturated carbocycles. The number of rotatable bonds is 6. The lowest BCUT2D eigenvalue weighted by molar-refractivity contribution is -0.165. The summed E-state index contributed by atoms with van der Waals surface area (Å²) in [5.74, 6) is -1.29. The van der Waals surface area contributed by atoms with Gasteiger partial charge in [-0.25, -0.2) is 0 Å². The van der Waals surface area contributed by atoms with Crippen LogP contribution in [0, 0.1) is 11.8 Å². The van der Waals surface area contributed by atoms with Gasteiger partial charge in [-0.3, -0.25) is 9.59 Å². The second kappa shape index (κ2) is 11.2. The Hall–Kier alpha value is -1.06. The quantitative estimate of drug-likeness (QED) is 0.702. The van der Waals surface area contributed by atoms with Gasteiger partial charge in [0.15, 0.2) is 0 Å². The molecular formula is C18H31ClF3N3O3. The zero-order valence-electron chi connectivity index (χ0n) is 16.2. The average Bonchev–Trinajstić information content (AvgIpc) is 2.65. The first-order valence-electron chi connectivity index (χ1n) is 9.70. The normalized spacial score (nSPS) is 22.3. The van der Waals surface area contributed by atoms with Crippen molar-refractivity contribution in [3.05, 3.63) is 0 Å². The van der Waals surface area contributed by atoms with Crippen molar-refractivity contribution >= 4 is 24.2 Å². The first-order valence-corrected chi connectivity index (χ1v) is 9.70. The van der Waals surface area contributed by atoms with Crippen molar-refractivity contribution in [3.8, 4) is 0 Å². The molecule has 2 amide bonds. The predicted molar refractivity (Wildman–Crippen MR) is 101 cm³/mol. The highest BCUT2D eigenvalue weighted by molar-refractivity contribution is 5.85. The number of piperidine rings is 1. The maximum Gasteiger partial charge on any atom is 0.406 e. The molecule has 10 heteroatoms. The summed E-state index contributed by atoms with van der Waals surface area (Å²) in [5, 5.41) is 0. The number of carbonyl (C=O) groups excluding carboxylic acids is 2. The molecule has 2 aliphatic heterocycles. The molecular weight excluding hydrogens is 399 g/mol. The molecule has 6 nitrogen and oxygen atoms in total. The van der Waals surface area contributed by atoms with E-state index in [0.29, 0.717) is 39.0 Å². The van der Waals surface area contributed by atoms with Crippen LogP contribution in [0.25, 0.3) is 0 Å². The highest BCUT2D eigenvalue weighted by atomic mass is 35.5. The van der Waals surface area contributed by atoms with Crippen LogP contribution in [0.3, 0.4) is 0 Å². The maximum absolute atomic E-state index is 12.8. The fraction of sp³-hybridized carbons (Fsp3) is 0.889. The number of likely N-dealkylation sites (tertiary alicyclic amines) is 1. The number of ether oxygens (including phenoxy) is 1. The SMILES string of the molecule is CCCN(CC(F)(F)F)C(=O)C1CCCN(C(=O)C(N)C2CCOCC2)C1.Cl. The second-order valence-corrected chi connectivity index (χ2v) is 7.47. The second-order valence-electron chi connectivity index (χ2n) is 7.47. The van der Waals surface area contributed by atoms with Crippen LogP contribution in [-0.4, -0.2) is 73.2 Å². The predicted octanol–water partition coefficient (Wildman–Crippen LogP) is 2.20. The summed E-state index contributed by atoms with van der Waals surface area (Å²) < 4.78 is 43.7. The Labute approximate surface area is 170 Å². The van der Waals surface area contributed by atoms with Gasteiger partial charge in [0.2, 0.25) is 11.8 Å². The number of nitrogens with two attached hydrogens (primary N) is 1. The van der Waals surface area contributed by atoms with Crippen molar-refractivity contribution in [3.63, 3.8) is 0 Å². The van der Waals surface area contributed by atoms with Crippen molar-refractivity contribution in [1.82, 2.24) is 9.80 Å². The summed E-state index contributed by atoms with van der Waals surface area (Å²) in [5.41, 5.74) is 6.14. The molecule has 28 heavy (non-hydrogen) atoms. The monoisotopic (exact) mass is 429 g/mol. The molecule has 2 rings (SSSR count). The van der Waals surface area contributed by atoms with Crippen molar-refractivity contribution in [2.24, 2.45) is 17.6 Å². The van der Waals surface area contributed by atoms with Crippen LogP contribution >= 0.6 is 12.4 Å². The lowest BCUT2D eigenvalue weighted by Crippen LogP contribution is -2.54. The van der Waals surface area contributed by atoms with Crippen molar-refractivity contribution in [2.75, 3.05) is 39.4 Å². The van der Waals surface area contributed by atoms with Crippen LogP contribution in [0.4, 0.5) is 13.2 Å². The smallest absolute Gasteiger partial charge is 0.381 e. The van der Waals surface area contributed by atoms with Gasteiger partial charge in [-0.1, -0.05) is 6.92 Å². The van der Waals surface area contributed by atoms with Gasteiger partial charge in [0.05, 0.1) is 12.0 Å². The molecule has 0 bridgehead atoms. The van der Waals surface area contributed by atoms with E-state index in [4.69, 9.17) is 10.5 Å². The molecule has 0 spiro atoms. The van der Waals surface area contributed by atoms with Crippen LogP contribution < -0.4 is 5.73 Å². The number of hydrogen-bond donors (Lipinski definition) is 1. The minimum Gasteiger partial charge on any atom is -0.381 e. The average molecular weight is 430 g/mol. The molecule has 2 fully saturated rings. The summed E-state index contributed by atoms with van der Waals surface area (Å²) in [6.07, 6.45) is -1.45. The third-order valence-corrected chi connectivity index (χ3v) is 5.32. The van der Waals surface area contributed by atoms with E-state index in [9.17, 15) is 22.8 Å². The van der Waals surface area contributed by atoms with Crippen LogP contribution in [0.1, 0.15) is 39.0 Å². The fourth-order valence-corrected chi connectivity index (χ4v) is 3.88. The third-order valence-electron chi connectivity index (χ3n) is 5.32. The topological polar surface area (TPSA) is 75.9 Å². The summed E-state index contributed by atoms with van der Waals surface area (Å²) in [6.45, 7) is 2.35. The first-order chi connectivity index (χ1) is 12.7. The standard InChI is InChI=1S/C18H30F3N3O3.ClH/c1-2-7-24(12-18(19,20)21)16(25)14-4-3-8-23(11-14)17(26)15(22)13-5-9-27-10-6-13;/h13-15H,2-12,22H2,1H3;1H. The largest absolute Gasteiger partial charge is 0.406 e. The zero-order valence-corrected chi connectivity index (χ0v) is 17.1. The van der Waals surface area contributed by atoms with E-state index >= 15 is 0 Å². The van der Waals surface area contributed by atoms with Gasteiger partial charge in [0.25, 0.3) is 0 Å². The van der Waals surface area contributed by atoms with Gasteiger partial charge in [-0.05, 0) is 38.0 Å². The van der Waals surface area contributed by atoms with Crippen LogP contribution in [-0.2, 0) is 14.3 Å². The molecule has 164 valence electrons. The van der Waals surface area contributed by atoms with Crippen LogP contribution in [0.5, 0.6) is 0 Å². The Balaban J connectivity index is 0.00000392. The summed E-state index contributed by atoms with van der Waals surface area (Å²) >= 11 is 0. The van der Waals surface area contributed by atoms with E-state index < -0.39 is 30.6 Å². The Bertz CT molecular complexity index is 516. The number of halogens is 4. The van der Waals surface area contributed by atoms with E-state index in [-0.39, 0.29) is 37.3 Å². The van der Waals surface area contributed by atoms with Crippen molar-refractivity contribution < 1.29 is 27.5 Å². The molecule has 0 radical (unpaired) electrons. The minimum absolute atomic E-state index is 0. The summed E-state index contributed by atoms with van der Waals surface area (Å²) in [4.78, 5) is 27.8. The van der Waals surface area contributed by atoms with Gasteiger partial charge >= 0.3 is 6.18 Å². The number of alkyl halides is 3. The Morgan fingerprint density at radius 1 is 1.25 bits per heavy atom. The molecule has 2 unspecified atom stereocenters.